The lowest BCUT2D eigenvalue weighted by atomic mass is 10.2. The van der Waals surface area contributed by atoms with Crippen molar-refractivity contribution in [3.05, 3.63) is 65.7 Å². The zero-order valence-electron chi connectivity index (χ0n) is 25.1. The van der Waals surface area contributed by atoms with Gasteiger partial charge in [0, 0.05) is 12.2 Å². The van der Waals surface area contributed by atoms with E-state index in [0.717, 1.165) is 30.6 Å². The number of benzene rings is 2. The van der Waals surface area contributed by atoms with Crippen molar-refractivity contribution in [2.75, 3.05) is 104 Å². The fraction of sp³-hybridized carbons (Fsp3) is 0.594. The fourth-order valence-corrected chi connectivity index (χ4v) is 3.49. The Kier molecular flexibility index (Phi) is 22.1. The average molecular weight is 592 g/mol. The second kappa shape index (κ2) is 26.1. The molecule has 236 valence electrons. The number of hydrogen-bond acceptors (Lipinski definition) is 10. The number of hydrogen-bond donors (Lipinski definition) is 1. The highest BCUT2D eigenvalue weighted by molar-refractivity contribution is 5.89. The summed E-state index contributed by atoms with van der Waals surface area (Å²) in [6.45, 7) is 10.2. The Bertz CT molecular complexity index is 883. The first-order valence-electron chi connectivity index (χ1n) is 14.9. The smallest absolute Gasteiger partial charge is 0.338 e. The Balaban J connectivity index is 1.24. The molecule has 0 aliphatic rings. The molecule has 2 aromatic rings. The molecule has 0 saturated carbocycles. The molecule has 0 aliphatic carbocycles. The van der Waals surface area contributed by atoms with Crippen LogP contribution in [0.25, 0.3) is 0 Å². The third-order valence-corrected chi connectivity index (χ3v) is 5.78. The van der Waals surface area contributed by atoms with Gasteiger partial charge >= 0.3 is 5.97 Å². The third-order valence-electron chi connectivity index (χ3n) is 5.78. The van der Waals surface area contributed by atoms with Gasteiger partial charge in [0.2, 0.25) is 0 Å². The van der Waals surface area contributed by atoms with Crippen LogP contribution in [-0.2, 0) is 44.5 Å². The maximum Gasteiger partial charge on any atom is 0.338 e. The highest BCUT2D eigenvalue weighted by atomic mass is 16.6. The number of nitrogens with one attached hydrogen (secondary N) is 1. The van der Waals surface area contributed by atoms with Crippen LogP contribution in [0.1, 0.15) is 35.7 Å². The lowest BCUT2D eigenvalue weighted by molar-refractivity contribution is -0.0228. The van der Waals surface area contributed by atoms with Gasteiger partial charge in [-0.25, -0.2) is 4.79 Å². The number of anilines is 1. The predicted octanol–water partition coefficient (Wildman–Crippen LogP) is 4.37. The second-order valence-electron chi connectivity index (χ2n) is 9.21. The number of ether oxygens (including phenoxy) is 8. The van der Waals surface area contributed by atoms with E-state index < -0.39 is 0 Å². The van der Waals surface area contributed by atoms with Crippen molar-refractivity contribution >= 4 is 11.7 Å². The minimum atomic E-state index is -0.356. The highest BCUT2D eigenvalue weighted by Gasteiger charge is 2.06. The highest BCUT2D eigenvalue weighted by Crippen LogP contribution is 2.11. The van der Waals surface area contributed by atoms with Crippen LogP contribution >= 0.6 is 0 Å². The molecule has 0 fully saturated rings. The summed E-state index contributed by atoms with van der Waals surface area (Å²) >= 11 is 0. The van der Waals surface area contributed by atoms with E-state index in [0.29, 0.717) is 98.1 Å². The maximum absolute atomic E-state index is 12.1. The molecule has 0 saturated heterocycles. The van der Waals surface area contributed by atoms with Gasteiger partial charge in [-0.05, 0) is 36.2 Å². The Morgan fingerprint density at radius 1 is 0.571 bits per heavy atom. The van der Waals surface area contributed by atoms with Crippen LogP contribution in [0.15, 0.2) is 54.6 Å². The number of esters is 1. The number of rotatable bonds is 28. The molecule has 10 nitrogen and oxygen atoms in total. The van der Waals surface area contributed by atoms with Crippen molar-refractivity contribution in [2.24, 2.45) is 0 Å². The van der Waals surface area contributed by atoms with Gasteiger partial charge in [0.15, 0.2) is 0 Å². The van der Waals surface area contributed by atoms with Gasteiger partial charge in [-0.15, -0.1) is 0 Å². The molecule has 0 amide bonds. The van der Waals surface area contributed by atoms with E-state index in [4.69, 9.17) is 37.9 Å². The summed E-state index contributed by atoms with van der Waals surface area (Å²) < 4.78 is 43.6. The summed E-state index contributed by atoms with van der Waals surface area (Å²) in [6.07, 6.45) is 2.25. The van der Waals surface area contributed by atoms with E-state index in [1.54, 1.807) is 12.1 Å². The molecule has 42 heavy (non-hydrogen) atoms. The van der Waals surface area contributed by atoms with Gasteiger partial charge in [0.1, 0.15) is 6.61 Å². The first kappa shape index (κ1) is 35.6. The number of unbranched alkanes of at least 4 members (excludes halogenated alkanes) is 1. The standard InChI is InChI=1S/C32H49NO9/c1-2-3-13-33-31-11-9-30(10-12-31)32(34)42-27-26-40-23-22-38-19-18-36-15-14-35-16-17-37-20-21-39-24-25-41-28-29-7-5-4-6-8-29/h4-12,33H,2-3,13-28H2,1H3. The zero-order valence-corrected chi connectivity index (χ0v) is 25.1. The molecule has 10 heteroatoms. The summed E-state index contributed by atoms with van der Waals surface area (Å²) in [7, 11) is 0. The van der Waals surface area contributed by atoms with Crippen molar-refractivity contribution < 1.29 is 42.7 Å². The third kappa shape index (κ3) is 19.5. The van der Waals surface area contributed by atoms with E-state index in [1.807, 2.05) is 42.5 Å². The number of carbonyl (C=O) groups is 1. The molecule has 2 rings (SSSR count). The Morgan fingerprint density at radius 2 is 1.02 bits per heavy atom. The summed E-state index contributed by atoms with van der Waals surface area (Å²) in [5.74, 6) is -0.356. The zero-order chi connectivity index (χ0) is 29.8. The Morgan fingerprint density at radius 3 is 1.50 bits per heavy atom. The second-order valence-corrected chi connectivity index (χ2v) is 9.21. The van der Waals surface area contributed by atoms with Crippen LogP contribution in [0.4, 0.5) is 5.69 Å². The van der Waals surface area contributed by atoms with Gasteiger partial charge in [0.25, 0.3) is 0 Å². The van der Waals surface area contributed by atoms with E-state index in [2.05, 4.69) is 12.2 Å². The first-order valence-corrected chi connectivity index (χ1v) is 14.9. The van der Waals surface area contributed by atoms with Crippen LogP contribution in [0.2, 0.25) is 0 Å². The van der Waals surface area contributed by atoms with Crippen LogP contribution in [0, 0.1) is 0 Å². The topological polar surface area (TPSA) is 103 Å². The lowest BCUT2D eigenvalue weighted by Gasteiger charge is -2.09. The summed E-state index contributed by atoms with van der Waals surface area (Å²) in [5.41, 5.74) is 2.68. The van der Waals surface area contributed by atoms with E-state index >= 15 is 0 Å². The van der Waals surface area contributed by atoms with E-state index in [1.165, 1.54) is 0 Å². The quantitative estimate of drug-likeness (QED) is 0.113. The SMILES string of the molecule is CCCCNc1ccc(C(=O)OCCOCCOCCOCCOCCOCCOCCOCc2ccccc2)cc1. The Hall–Kier alpha value is -2.57. The van der Waals surface area contributed by atoms with Gasteiger partial charge in [0.05, 0.1) is 98.1 Å². The van der Waals surface area contributed by atoms with E-state index in [-0.39, 0.29) is 12.6 Å². The molecule has 0 atom stereocenters. The van der Waals surface area contributed by atoms with Gasteiger partial charge in [-0.1, -0.05) is 43.7 Å². The van der Waals surface area contributed by atoms with Crippen LogP contribution in [0.5, 0.6) is 0 Å². The fourth-order valence-electron chi connectivity index (χ4n) is 3.49. The predicted molar refractivity (Wildman–Crippen MR) is 161 cm³/mol. The molecule has 0 bridgehead atoms. The first-order chi connectivity index (χ1) is 20.8. The summed E-state index contributed by atoms with van der Waals surface area (Å²) in [5, 5.41) is 3.32. The van der Waals surface area contributed by atoms with Crippen LogP contribution in [0.3, 0.4) is 0 Å². The molecule has 2 aromatic carbocycles. The van der Waals surface area contributed by atoms with Crippen LogP contribution < -0.4 is 5.32 Å². The number of carbonyl (C=O) groups excluding carboxylic acids is 1. The molecule has 1 N–H and O–H groups in total. The van der Waals surface area contributed by atoms with Crippen molar-refractivity contribution in [3.63, 3.8) is 0 Å². The minimum absolute atomic E-state index is 0.197. The van der Waals surface area contributed by atoms with Crippen molar-refractivity contribution in [2.45, 2.75) is 26.4 Å². The lowest BCUT2D eigenvalue weighted by Crippen LogP contribution is -2.15. The largest absolute Gasteiger partial charge is 0.460 e. The molecular formula is C32H49NO9. The van der Waals surface area contributed by atoms with Gasteiger partial charge < -0.3 is 43.2 Å². The summed E-state index contributed by atoms with van der Waals surface area (Å²) in [6, 6.07) is 17.4. The van der Waals surface area contributed by atoms with Crippen molar-refractivity contribution in [1.82, 2.24) is 0 Å². The van der Waals surface area contributed by atoms with Gasteiger partial charge in [-0.2, -0.15) is 0 Å². The average Bonchev–Trinajstić information content (AvgIpc) is 3.02. The van der Waals surface area contributed by atoms with Crippen molar-refractivity contribution in [3.8, 4) is 0 Å². The summed E-state index contributed by atoms with van der Waals surface area (Å²) in [4.78, 5) is 12.1. The van der Waals surface area contributed by atoms with Crippen molar-refractivity contribution in [1.29, 1.82) is 0 Å². The Labute approximate surface area is 250 Å². The molecule has 0 aliphatic heterocycles. The monoisotopic (exact) mass is 591 g/mol. The maximum atomic E-state index is 12.1. The molecule has 0 aromatic heterocycles. The van der Waals surface area contributed by atoms with E-state index in [9.17, 15) is 4.79 Å². The molecule has 0 unspecified atom stereocenters. The normalized spacial score (nSPS) is 11.1. The minimum Gasteiger partial charge on any atom is -0.460 e. The molecule has 0 radical (unpaired) electrons. The molecule has 0 spiro atoms. The molecule has 0 heterocycles. The van der Waals surface area contributed by atoms with Gasteiger partial charge in [-0.3, -0.25) is 0 Å². The van der Waals surface area contributed by atoms with Crippen LogP contribution in [-0.4, -0.2) is 105 Å². The molecular weight excluding hydrogens is 542 g/mol.